The fourth-order valence-electron chi connectivity index (χ4n) is 3.15. The third-order valence-electron chi connectivity index (χ3n) is 4.86. The average Bonchev–Trinajstić information content (AvgIpc) is 3.14. The summed E-state index contributed by atoms with van der Waals surface area (Å²) in [4.78, 5) is 25.1. The van der Waals surface area contributed by atoms with E-state index in [1.165, 1.54) is 18.3 Å². The molecule has 0 aliphatic rings. The van der Waals surface area contributed by atoms with Gasteiger partial charge in [0.05, 0.1) is 21.6 Å². The van der Waals surface area contributed by atoms with E-state index in [1.54, 1.807) is 12.4 Å². The number of nitrogens with one attached hydrogen (secondary N) is 1. The number of aliphatic imine (C=N–C) groups is 1. The number of hydrogen-bond donors (Lipinski definition) is 2. The number of benzene rings is 1. The largest absolute Gasteiger partial charge is 0.386 e. The molecule has 1 unspecified atom stereocenters. The summed E-state index contributed by atoms with van der Waals surface area (Å²) in [5.74, 6) is -0.166. The predicted octanol–water partition coefficient (Wildman–Crippen LogP) is 5.71. The molecular weight excluding hydrogens is 420 g/mol. The van der Waals surface area contributed by atoms with Gasteiger partial charge in [0, 0.05) is 24.9 Å². The molecule has 0 spiro atoms. The van der Waals surface area contributed by atoms with Crippen molar-refractivity contribution in [3.05, 3.63) is 60.4 Å². The van der Waals surface area contributed by atoms with Gasteiger partial charge in [-0.1, -0.05) is 50.8 Å². The molecule has 1 atom stereocenters. The number of nitrogens with zero attached hydrogens (tertiary/aromatic N) is 3. The van der Waals surface area contributed by atoms with Gasteiger partial charge in [-0.25, -0.2) is 4.98 Å². The molecule has 6 nitrogen and oxygen atoms in total. The first-order valence-corrected chi connectivity index (χ1v) is 11.1. The Bertz CT molecular complexity index is 1200. The van der Waals surface area contributed by atoms with E-state index in [-0.39, 0.29) is 11.3 Å². The molecule has 0 fully saturated rings. The fraction of sp³-hybridized carbons (Fsp3) is 0.280. The van der Waals surface area contributed by atoms with Gasteiger partial charge in [-0.15, -0.1) is 0 Å². The summed E-state index contributed by atoms with van der Waals surface area (Å²) in [5, 5.41) is 13.7. The zero-order valence-corrected chi connectivity index (χ0v) is 19.8. The Hall–Kier alpha value is -3.16. The van der Waals surface area contributed by atoms with Gasteiger partial charge in [-0.3, -0.25) is 14.8 Å². The number of pyridine rings is 1. The Balaban J connectivity index is 2.08. The van der Waals surface area contributed by atoms with Gasteiger partial charge in [0.1, 0.15) is 6.10 Å². The molecule has 0 saturated heterocycles. The number of amides is 1. The Labute approximate surface area is 192 Å². The van der Waals surface area contributed by atoms with E-state index in [1.807, 2.05) is 64.1 Å². The topological polar surface area (TPSA) is 87.5 Å². The van der Waals surface area contributed by atoms with E-state index < -0.39 is 6.10 Å². The molecule has 3 rings (SSSR count). The number of rotatable bonds is 6. The Morgan fingerprint density at radius 2 is 2.06 bits per heavy atom. The number of hydrogen-bond acceptors (Lipinski definition) is 6. The van der Waals surface area contributed by atoms with Gasteiger partial charge < -0.3 is 10.4 Å². The number of allylic oxidation sites excluding steroid dienone is 2. The third-order valence-corrected chi connectivity index (χ3v) is 5.88. The van der Waals surface area contributed by atoms with Gasteiger partial charge in [-0.2, -0.15) is 0 Å². The molecule has 2 aromatic heterocycles. The van der Waals surface area contributed by atoms with Crippen molar-refractivity contribution in [1.29, 1.82) is 0 Å². The van der Waals surface area contributed by atoms with Crippen LogP contribution in [0, 0.1) is 5.41 Å². The lowest BCUT2D eigenvalue weighted by Crippen LogP contribution is -2.26. The van der Waals surface area contributed by atoms with Crippen LogP contribution in [-0.2, 0) is 4.79 Å². The second-order valence-corrected chi connectivity index (χ2v) is 9.55. The van der Waals surface area contributed by atoms with Gasteiger partial charge in [0.25, 0.3) is 0 Å². The molecule has 7 heteroatoms. The molecular formula is C25H28N4O2S. The second kappa shape index (κ2) is 9.54. The Morgan fingerprint density at radius 3 is 2.66 bits per heavy atom. The summed E-state index contributed by atoms with van der Waals surface area (Å²) in [6.45, 7) is 13.1. The van der Waals surface area contributed by atoms with Crippen molar-refractivity contribution in [2.75, 3.05) is 5.32 Å². The van der Waals surface area contributed by atoms with Crippen LogP contribution in [0.2, 0.25) is 0 Å². The van der Waals surface area contributed by atoms with E-state index >= 15 is 0 Å². The normalized spacial score (nSPS) is 13.5. The molecule has 0 bridgehead atoms. The number of fused-ring (bicyclic) bond motifs is 1. The number of aromatic nitrogens is 2. The molecule has 3 aromatic rings. The van der Waals surface area contributed by atoms with Crippen molar-refractivity contribution >= 4 is 44.4 Å². The highest BCUT2D eigenvalue weighted by Crippen LogP contribution is 2.37. The molecule has 2 heterocycles. The minimum absolute atomic E-state index is 0.166. The highest BCUT2D eigenvalue weighted by Gasteiger charge is 2.24. The Morgan fingerprint density at radius 1 is 1.31 bits per heavy atom. The van der Waals surface area contributed by atoms with E-state index in [9.17, 15) is 9.90 Å². The summed E-state index contributed by atoms with van der Waals surface area (Å²) in [6.07, 6.45) is 4.66. The van der Waals surface area contributed by atoms with Crippen molar-refractivity contribution in [2.45, 2.75) is 40.7 Å². The standard InChI is InChI=1S/C25H28N4O2S/c1-7-17(14-27-15(2)23(31)25(4,5)6)18-12-19(20-10-8-9-11-26-20)22-21(13-18)29-24(32-22)28-16(3)30/h7-14,23,31H,2H2,1,3-6H3,(H,28,29,30)/b17-7+,27-14?. The van der Waals surface area contributed by atoms with Crippen LogP contribution in [0.25, 0.3) is 27.0 Å². The van der Waals surface area contributed by atoms with E-state index in [2.05, 4.69) is 26.9 Å². The van der Waals surface area contributed by atoms with Crippen molar-refractivity contribution < 1.29 is 9.90 Å². The van der Waals surface area contributed by atoms with Gasteiger partial charge in [0.2, 0.25) is 5.91 Å². The molecule has 0 radical (unpaired) electrons. The fourth-order valence-corrected chi connectivity index (χ4v) is 4.17. The van der Waals surface area contributed by atoms with Crippen molar-refractivity contribution in [3.8, 4) is 11.3 Å². The first-order chi connectivity index (χ1) is 15.1. The number of thiazole rings is 1. The molecule has 0 aliphatic heterocycles. The lowest BCUT2D eigenvalue weighted by molar-refractivity contribution is -0.114. The maximum atomic E-state index is 11.5. The summed E-state index contributed by atoms with van der Waals surface area (Å²) in [7, 11) is 0. The second-order valence-electron chi connectivity index (χ2n) is 8.55. The predicted molar refractivity (Wildman–Crippen MR) is 134 cm³/mol. The zero-order chi connectivity index (χ0) is 23.5. The number of carbonyl (C=O) groups excluding carboxylic acids is 1. The number of aliphatic hydroxyl groups excluding tert-OH is 1. The van der Waals surface area contributed by atoms with Crippen LogP contribution >= 0.6 is 11.3 Å². The van der Waals surface area contributed by atoms with Gasteiger partial charge in [-0.05, 0) is 47.7 Å². The van der Waals surface area contributed by atoms with Crippen LogP contribution in [-0.4, -0.2) is 33.3 Å². The molecule has 0 saturated carbocycles. The smallest absolute Gasteiger partial charge is 0.223 e. The van der Waals surface area contributed by atoms with Gasteiger partial charge >= 0.3 is 0 Å². The maximum absolute atomic E-state index is 11.5. The van der Waals surface area contributed by atoms with Crippen LogP contribution in [0.3, 0.4) is 0 Å². The zero-order valence-electron chi connectivity index (χ0n) is 19.0. The molecule has 2 N–H and O–H groups in total. The van der Waals surface area contributed by atoms with E-state index in [4.69, 9.17) is 0 Å². The lowest BCUT2D eigenvalue weighted by atomic mass is 9.87. The molecule has 32 heavy (non-hydrogen) atoms. The van der Waals surface area contributed by atoms with Crippen LogP contribution in [0.1, 0.15) is 40.2 Å². The molecule has 0 aliphatic carbocycles. The summed E-state index contributed by atoms with van der Waals surface area (Å²) in [6, 6.07) is 9.77. The minimum Gasteiger partial charge on any atom is -0.386 e. The van der Waals surface area contributed by atoms with E-state index in [0.717, 1.165) is 32.6 Å². The molecule has 1 amide bonds. The van der Waals surface area contributed by atoms with Crippen LogP contribution < -0.4 is 5.32 Å². The highest BCUT2D eigenvalue weighted by molar-refractivity contribution is 7.22. The summed E-state index contributed by atoms with van der Waals surface area (Å²) < 4.78 is 0.941. The first-order valence-electron chi connectivity index (χ1n) is 10.3. The van der Waals surface area contributed by atoms with Crippen molar-refractivity contribution in [1.82, 2.24) is 9.97 Å². The number of aliphatic hydroxyl groups is 1. The quantitative estimate of drug-likeness (QED) is 0.473. The average molecular weight is 449 g/mol. The van der Waals surface area contributed by atoms with Crippen molar-refractivity contribution in [2.24, 2.45) is 10.4 Å². The van der Waals surface area contributed by atoms with Crippen LogP contribution in [0.4, 0.5) is 5.13 Å². The van der Waals surface area contributed by atoms with Crippen LogP contribution in [0.5, 0.6) is 0 Å². The monoisotopic (exact) mass is 448 g/mol. The Kier molecular flexibility index (Phi) is 7.01. The number of anilines is 1. The molecule has 166 valence electrons. The third kappa shape index (κ3) is 5.36. The first kappa shape index (κ1) is 23.5. The van der Waals surface area contributed by atoms with Gasteiger partial charge in [0.15, 0.2) is 5.13 Å². The molecule has 1 aromatic carbocycles. The van der Waals surface area contributed by atoms with Crippen molar-refractivity contribution in [3.63, 3.8) is 0 Å². The highest BCUT2D eigenvalue weighted by atomic mass is 32.1. The lowest BCUT2D eigenvalue weighted by Gasteiger charge is -2.25. The number of carbonyl (C=O) groups is 1. The minimum atomic E-state index is -0.748. The van der Waals surface area contributed by atoms with E-state index in [0.29, 0.717) is 10.8 Å². The summed E-state index contributed by atoms with van der Waals surface area (Å²) in [5.41, 5.74) is 4.33. The summed E-state index contributed by atoms with van der Waals surface area (Å²) >= 11 is 1.42. The maximum Gasteiger partial charge on any atom is 0.223 e. The SMILES string of the molecule is C=C(N=C/C(=C\C)c1cc(-c2ccccn2)c2sc(NC(C)=O)nc2c1)C(O)C(C)(C)C. The van der Waals surface area contributed by atoms with Crippen LogP contribution in [0.15, 0.2) is 59.9 Å².